The third-order valence-corrected chi connectivity index (χ3v) is 6.92. The second kappa shape index (κ2) is 9.51. The van der Waals surface area contributed by atoms with E-state index in [2.05, 4.69) is 52.3 Å². The average Bonchev–Trinajstić information content (AvgIpc) is 3.25. The van der Waals surface area contributed by atoms with Crippen molar-refractivity contribution in [3.8, 4) is 5.75 Å². The molecule has 3 aliphatic heterocycles. The molecule has 3 aliphatic rings. The first-order valence-corrected chi connectivity index (χ1v) is 11.7. The predicted molar refractivity (Wildman–Crippen MR) is 120 cm³/mol. The molecule has 0 amide bonds. The van der Waals surface area contributed by atoms with Crippen LogP contribution in [-0.2, 0) is 30.7 Å². The van der Waals surface area contributed by atoms with Crippen LogP contribution in [0.2, 0.25) is 0 Å². The molecule has 0 saturated carbocycles. The summed E-state index contributed by atoms with van der Waals surface area (Å²) in [7, 11) is 0. The molecule has 0 aromatic heterocycles. The largest absolute Gasteiger partial charge is 0.493 e. The lowest BCUT2D eigenvalue weighted by Gasteiger charge is -2.32. The van der Waals surface area contributed by atoms with E-state index in [0.29, 0.717) is 0 Å². The molecule has 4 nitrogen and oxygen atoms in total. The minimum atomic E-state index is 0.819. The van der Waals surface area contributed by atoms with Gasteiger partial charge in [0.1, 0.15) is 5.75 Å². The molecule has 0 aliphatic carbocycles. The van der Waals surface area contributed by atoms with Gasteiger partial charge in [-0.25, -0.2) is 0 Å². The number of morpholine rings is 1. The van der Waals surface area contributed by atoms with Crippen LogP contribution in [-0.4, -0.2) is 55.8 Å². The van der Waals surface area contributed by atoms with Crippen molar-refractivity contribution in [1.29, 1.82) is 0 Å². The number of hydrogen-bond donors (Lipinski definition) is 0. The molecule has 0 unspecified atom stereocenters. The number of nitrogens with zero attached hydrogens (tertiary/aromatic N) is 2. The maximum absolute atomic E-state index is 5.64. The standard InChI is InChI=1S/C26H34N2O2/c1-3-23(19-28-12-15-29-16-13-28)4-2-21(1)17-22-7-10-27(11-8-22)20-24-5-6-26-25(18-24)9-14-30-26/h1-6,18,22H,7-17,19-20H2. The summed E-state index contributed by atoms with van der Waals surface area (Å²) < 4.78 is 11.1. The maximum Gasteiger partial charge on any atom is 0.122 e. The Labute approximate surface area is 180 Å². The lowest BCUT2D eigenvalue weighted by molar-refractivity contribution is 0.0342. The Kier molecular flexibility index (Phi) is 6.35. The van der Waals surface area contributed by atoms with Crippen molar-refractivity contribution in [1.82, 2.24) is 9.80 Å². The molecule has 0 bridgehead atoms. The summed E-state index contributed by atoms with van der Waals surface area (Å²) in [6, 6.07) is 16.1. The van der Waals surface area contributed by atoms with Crippen LogP contribution in [0.3, 0.4) is 0 Å². The molecule has 2 aromatic carbocycles. The van der Waals surface area contributed by atoms with Gasteiger partial charge < -0.3 is 9.47 Å². The zero-order valence-electron chi connectivity index (χ0n) is 18.0. The van der Waals surface area contributed by atoms with Gasteiger partial charge in [0.2, 0.25) is 0 Å². The van der Waals surface area contributed by atoms with Crippen LogP contribution >= 0.6 is 0 Å². The quantitative estimate of drug-likeness (QED) is 0.726. The highest BCUT2D eigenvalue weighted by Gasteiger charge is 2.20. The Morgan fingerprint density at radius 3 is 2.20 bits per heavy atom. The van der Waals surface area contributed by atoms with E-state index in [0.717, 1.165) is 64.1 Å². The molecule has 2 fully saturated rings. The van der Waals surface area contributed by atoms with Crippen molar-refractivity contribution >= 4 is 0 Å². The Morgan fingerprint density at radius 2 is 1.40 bits per heavy atom. The molecule has 2 saturated heterocycles. The van der Waals surface area contributed by atoms with E-state index in [9.17, 15) is 0 Å². The maximum atomic E-state index is 5.64. The fourth-order valence-electron chi connectivity index (χ4n) is 5.08. The summed E-state index contributed by atoms with van der Waals surface area (Å²) in [6.45, 7) is 9.26. The Bertz CT molecular complexity index is 821. The SMILES string of the molecule is c1cc(CN2CCOCC2)ccc1CC1CCN(Cc2ccc3c(c2)CCO3)CC1. The molecular formula is C26H34N2O2. The van der Waals surface area contributed by atoms with Gasteiger partial charge in [-0.15, -0.1) is 0 Å². The number of hydrogen-bond acceptors (Lipinski definition) is 4. The highest BCUT2D eigenvalue weighted by molar-refractivity contribution is 5.39. The van der Waals surface area contributed by atoms with Gasteiger partial charge in [-0.3, -0.25) is 9.80 Å². The molecule has 0 spiro atoms. The molecule has 30 heavy (non-hydrogen) atoms. The van der Waals surface area contributed by atoms with Crippen LogP contribution in [0.4, 0.5) is 0 Å². The average molecular weight is 407 g/mol. The van der Waals surface area contributed by atoms with Crippen LogP contribution in [0.5, 0.6) is 5.75 Å². The fraction of sp³-hybridized carbons (Fsp3) is 0.538. The number of fused-ring (bicyclic) bond motifs is 1. The molecule has 2 aromatic rings. The van der Waals surface area contributed by atoms with Gasteiger partial charge in [-0.2, -0.15) is 0 Å². The third-order valence-electron chi connectivity index (χ3n) is 6.92. The summed E-state index contributed by atoms with van der Waals surface area (Å²) >= 11 is 0. The van der Waals surface area contributed by atoms with Crippen LogP contribution in [0.15, 0.2) is 42.5 Å². The van der Waals surface area contributed by atoms with E-state index in [4.69, 9.17) is 9.47 Å². The number of benzene rings is 2. The Morgan fingerprint density at radius 1 is 0.733 bits per heavy atom. The lowest BCUT2D eigenvalue weighted by Crippen LogP contribution is -2.35. The molecule has 0 radical (unpaired) electrons. The molecule has 3 heterocycles. The number of rotatable bonds is 6. The summed E-state index contributed by atoms with van der Waals surface area (Å²) in [6.07, 6.45) is 4.91. The van der Waals surface area contributed by atoms with Crippen LogP contribution in [0.1, 0.15) is 35.1 Å². The van der Waals surface area contributed by atoms with Crippen molar-refractivity contribution in [2.45, 2.75) is 38.8 Å². The summed E-state index contributed by atoms with van der Waals surface area (Å²) in [5, 5.41) is 0. The van der Waals surface area contributed by atoms with Crippen molar-refractivity contribution < 1.29 is 9.47 Å². The highest BCUT2D eigenvalue weighted by Crippen LogP contribution is 2.28. The summed E-state index contributed by atoms with van der Waals surface area (Å²) in [5.41, 5.74) is 5.75. The normalized spacial score (nSPS) is 20.8. The molecule has 160 valence electrons. The van der Waals surface area contributed by atoms with E-state index < -0.39 is 0 Å². The van der Waals surface area contributed by atoms with Gasteiger partial charge in [-0.1, -0.05) is 36.4 Å². The zero-order valence-corrected chi connectivity index (χ0v) is 18.0. The van der Waals surface area contributed by atoms with E-state index in [-0.39, 0.29) is 0 Å². The van der Waals surface area contributed by atoms with Gasteiger partial charge in [0, 0.05) is 32.6 Å². The number of ether oxygens (including phenoxy) is 2. The molecule has 0 N–H and O–H groups in total. The molecule has 0 atom stereocenters. The minimum Gasteiger partial charge on any atom is -0.493 e. The number of likely N-dealkylation sites (tertiary alicyclic amines) is 1. The van der Waals surface area contributed by atoms with Crippen molar-refractivity contribution in [3.63, 3.8) is 0 Å². The second-order valence-corrected chi connectivity index (χ2v) is 9.17. The minimum absolute atomic E-state index is 0.819. The Balaban J connectivity index is 1.07. The topological polar surface area (TPSA) is 24.9 Å². The van der Waals surface area contributed by atoms with Crippen LogP contribution < -0.4 is 4.74 Å². The van der Waals surface area contributed by atoms with Crippen LogP contribution in [0.25, 0.3) is 0 Å². The molecule has 5 rings (SSSR count). The fourth-order valence-corrected chi connectivity index (χ4v) is 5.08. The first-order valence-electron chi connectivity index (χ1n) is 11.7. The summed E-state index contributed by atoms with van der Waals surface area (Å²) in [4.78, 5) is 5.11. The molecular weight excluding hydrogens is 372 g/mol. The van der Waals surface area contributed by atoms with Gasteiger partial charge in [0.15, 0.2) is 0 Å². The highest BCUT2D eigenvalue weighted by atomic mass is 16.5. The smallest absolute Gasteiger partial charge is 0.122 e. The van der Waals surface area contributed by atoms with Gasteiger partial charge >= 0.3 is 0 Å². The monoisotopic (exact) mass is 406 g/mol. The van der Waals surface area contributed by atoms with Gasteiger partial charge in [0.25, 0.3) is 0 Å². The van der Waals surface area contributed by atoms with Crippen molar-refractivity contribution in [3.05, 3.63) is 64.7 Å². The number of piperidine rings is 1. The van der Waals surface area contributed by atoms with Crippen molar-refractivity contribution in [2.24, 2.45) is 5.92 Å². The summed E-state index contributed by atoms with van der Waals surface area (Å²) in [5.74, 6) is 1.91. The van der Waals surface area contributed by atoms with E-state index in [1.54, 1.807) is 0 Å². The van der Waals surface area contributed by atoms with Gasteiger partial charge in [-0.05, 0) is 66.6 Å². The lowest BCUT2D eigenvalue weighted by atomic mass is 9.89. The predicted octanol–water partition coefficient (Wildman–Crippen LogP) is 3.91. The third kappa shape index (κ3) is 5.05. The first-order chi connectivity index (χ1) is 14.8. The first kappa shape index (κ1) is 20.0. The van der Waals surface area contributed by atoms with Gasteiger partial charge in [0.05, 0.1) is 19.8 Å². The van der Waals surface area contributed by atoms with Crippen LogP contribution in [0, 0.1) is 5.92 Å². The van der Waals surface area contributed by atoms with E-state index in [1.807, 2.05) is 0 Å². The van der Waals surface area contributed by atoms with Crippen molar-refractivity contribution in [2.75, 3.05) is 46.0 Å². The van der Waals surface area contributed by atoms with E-state index in [1.165, 1.54) is 54.6 Å². The zero-order chi connectivity index (χ0) is 20.2. The Hall–Kier alpha value is -1.88. The van der Waals surface area contributed by atoms with E-state index >= 15 is 0 Å². The second-order valence-electron chi connectivity index (χ2n) is 9.17. The molecule has 4 heteroatoms.